The smallest absolute Gasteiger partial charge is 0.270 e. The Labute approximate surface area is 111 Å². The van der Waals surface area contributed by atoms with Gasteiger partial charge >= 0.3 is 0 Å². The first-order valence-corrected chi connectivity index (χ1v) is 6.11. The molecule has 0 heterocycles. The molecule has 0 radical (unpaired) electrons. The fourth-order valence-corrected chi connectivity index (χ4v) is 2.05. The van der Waals surface area contributed by atoms with Gasteiger partial charge < -0.3 is 9.64 Å². The number of ether oxygens (including phenoxy) is 1. The number of hydrogen-bond donors (Lipinski definition) is 0. The van der Waals surface area contributed by atoms with Crippen molar-refractivity contribution in [3.8, 4) is 6.07 Å². The van der Waals surface area contributed by atoms with E-state index in [2.05, 4.69) is 4.90 Å². The van der Waals surface area contributed by atoms with E-state index in [4.69, 9.17) is 4.74 Å². The zero-order chi connectivity index (χ0) is 13.8. The van der Waals surface area contributed by atoms with Gasteiger partial charge in [0.15, 0.2) is 0 Å². The van der Waals surface area contributed by atoms with Crippen molar-refractivity contribution in [3.05, 3.63) is 33.9 Å². The van der Waals surface area contributed by atoms with Gasteiger partial charge in [0.1, 0.15) is 6.07 Å². The Kier molecular flexibility index (Phi) is 3.97. The van der Waals surface area contributed by atoms with E-state index in [0.717, 1.165) is 18.5 Å². The summed E-state index contributed by atoms with van der Waals surface area (Å²) in [5.41, 5.74) is 1.05. The minimum absolute atomic E-state index is 0.0530. The molecule has 0 bridgehead atoms. The molecule has 0 spiro atoms. The molecular formula is C13H15N3O3. The number of rotatable bonds is 6. The molecule has 0 aliphatic heterocycles. The van der Waals surface area contributed by atoms with Crippen molar-refractivity contribution in [3.63, 3.8) is 0 Å². The second kappa shape index (κ2) is 5.67. The van der Waals surface area contributed by atoms with Gasteiger partial charge in [0.05, 0.1) is 22.8 Å². The van der Waals surface area contributed by atoms with E-state index in [1.54, 1.807) is 13.2 Å². The Hall–Kier alpha value is -2.13. The third kappa shape index (κ3) is 3.01. The van der Waals surface area contributed by atoms with E-state index in [9.17, 15) is 15.4 Å². The van der Waals surface area contributed by atoms with Crippen molar-refractivity contribution in [2.45, 2.75) is 18.9 Å². The lowest BCUT2D eigenvalue weighted by atomic mass is 10.1. The second-order valence-corrected chi connectivity index (χ2v) is 4.49. The molecule has 19 heavy (non-hydrogen) atoms. The topological polar surface area (TPSA) is 79.4 Å². The molecule has 0 unspecified atom stereocenters. The summed E-state index contributed by atoms with van der Waals surface area (Å²) in [5, 5.41) is 19.9. The largest absolute Gasteiger partial charge is 0.383 e. The van der Waals surface area contributed by atoms with Crippen LogP contribution in [0, 0.1) is 21.4 Å². The monoisotopic (exact) mass is 261 g/mol. The fraction of sp³-hybridized carbons (Fsp3) is 0.462. The van der Waals surface area contributed by atoms with E-state index < -0.39 is 4.92 Å². The summed E-state index contributed by atoms with van der Waals surface area (Å²) in [5.74, 6) is 0. The first kappa shape index (κ1) is 13.3. The van der Waals surface area contributed by atoms with Crippen LogP contribution in [0.25, 0.3) is 0 Å². The van der Waals surface area contributed by atoms with Crippen LogP contribution in [-0.4, -0.2) is 31.2 Å². The Morgan fingerprint density at radius 3 is 2.84 bits per heavy atom. The molecule has 0 amide bonds. The molecule has 2 rings (SSSR count). The number of anilines is 1. The number of benzene rings is 1. The predicted molar refractivity (Wildman–Crippen MR) is 70.1 cm³/mol. The van der Waals surface area contributed by atoms with Gasteiger partial charge in [-0.25, -0.2) is 0 Å². The van der Waals surface area contributed by atoms with E-state index in [-0.39, 0.29) is 5.69 Å². The SMILES string of the molecule is COCCN(c1ccc([N+](=O)[O-])cc1C#N)C1CC1. The summed E-state index contributed by atoms with van der Waals surface area (Å²) >= 11 is 0. The first-order chi connectivity index (χ1) is 9.17. The molecule has 1 aromatic carbocycles. The highest BCUT2D eigenvalue weighted by atomic mass is 16.6. The van der Waals surface area contributed by atoms with Gasteiger partial charge in [0, 0.05) is 31.8 Å². The number of nitro benzene ring substituents is 1. The third-order valence-electron chi connectivity index (χ3n) is 3.14. The van der Waals surface area contributed by atoms with Gasteiger partial charge in [-0.1, -0.05) is 0 Å². The average molecular weight is 261 g/mol. The maximum atomic E-state index is 10.7. The average Bonchev–Trinajstić information content (AvgIpc) is 3.23. The van der Waals surface area contributed by atoms with Crippen LogP contribution in [0.2, 0.25) is 0 Å². The maximum absolute atomic E-state index is 10.7. The number of non-ortho nitro benzene ring substituents is 1. The Balaban J connectivity index is 2.31. The number of nitro groups is 1. The van der Waals surface area contributed by atoms with E-state index in [1.807, 2.05) is 6.07 Å². The van der Waals surface area contributed by atoms with Crippen molar-refractivity contribution in [2.75, 3.05) is 25.2 Å². The zero-order valence-corrected chi connectivity index (χ0v) is 10.7. The minimum atomic E-state index is -0.485. The molecule has 1 aromatic rings. The van der Waals surface area contributed by atoms with Crippen LogP contribution in [0.1, 0.15) is 18.4 Å². The Bertz CT molecular complexity index is 520. The number of methoxy groups -OCH3 is 1. The minimum Gasteiger partial charge on any atom is -0.383 e. The van der Waals surface area contributed by atoms with Gasteiger partial charge in [0.25, 0.3) is 5.69 Å². The highest BCUT2D eigenvalue weighted by molar-refractivity contribution is 5.64. The number of nitriles is 1. The summed E-state index contributed by atoms with van der Waals surface area (Å²) < 4.78 is 5.07. The Morgan fingerprint density at radius 1 is 1.58 bits per heavy atom. The lowest BCUT2D eigenvalue weighted by Crippen LogP contribution is -2.30. The quantitative estimate of drug-likeness (QED) is 0.578. The van der Waals surface area contributed by atoms with Crippen LogP contribution in [0.5, 0.6) is 0 Å². The molecule has 0 N–H and O–H groups in total. The van der Waals surface area contributed by atoms with Crippen molar-refractivity contribution >= 4 is 11.4 Å². The molecular weight excluding hydrogens is 246 g/mol. The van der Waals surface area contributed by atoms with Crippen molar-refractivity contribution < 1.29 is 9.66 Å². The lowest BCUT2D eigenvalue weighted by Gasteiger charge is -2.25. The first-order valence-electron chi connectivity index (χ1n) is 6.11. The van der Waals surface area contributed by atoms with E-state index >= 15 is 0 Å². The number of nitrogens with zero attached hydrogens (tertiary/aromatic N) is 3. The third-order valence-corrected chi connectivity index (χ3v) is 3.14. The van der Waals surface area contributed by atoms with Crippen molar-refractivity contribution in [1.82, 2.24) is 0 Å². The Morgan fingerprint density at radius 2 is 2.32 bits per heavy atom. The molecule has 1 aliphatic carbocycles. The molecule has 6 nitrogen and oxygen atoms in total. The lowest BCUT2D eigenvalue weighted by molar-refractivity contribution is -0.384. The summed E-state index contributed by atoms with van der Waals surface area (Å²) in [6.07, 6.45) is 2.18. The zero-order valence-electron chi connectivity index (χ0n) is 10.7. The summed E-state index contributed by atoms with van der Waals surface area (Å²) in [4.78, 5) is 12.3. The second-order valence-electron chi connectivity index (χ2n) is 4.49. The van der Waals surface area contributed by atoms with Crippen molar-refractivity contribution in [1.29, 1.82) is 5.26 Å². The molecule has 0 aromatic heterocycles. The van der Waals surface area contributed by atoms with Crippen LogP contribution in [0.3, 0.4) is 0 Å². The standard InChI is InChI=1S/C13H15N3O3/c1-19-7-6-15(11-2-3-11)13-5-4-12(16(17)18)8-10(13)9-14/h4-5,8,11H,2-3,6-7H2,1H3. The van der Waals surface area contributed by atoms with E-state index in [1.165, 1.54) is 12.1 Å². The van der Waals surface area contributed by atoms with Crippen LogP contribution in [0.4, 0.5) is 11.4 Å². The van der Waals surface area contributed by atoms with Gasteiger partial charge in [-0.3, -0.25) is 10.1 Å². The van der Waals surface area contributed by atoms with Crippen LogP contribution in [-0.2, 0) is 4.74 Å². The van der Waals surface area contributed by atoms with Gasteiger partial charge in [-0.2, -0.15) is 5.26 Å². The summed E-state index contributed by atoms with van der Waals surface area (Å²) in [6, 6.07) is 6.89. The molecule has 6 heteroatoms. The maximum Gasteiger partial charge on any atom is 0.270 e. The predicted octanol–water partition coefficient (Wildman–Crippen LogP) is 2.08. The van der Waals surface area contributed by atoms with Gasteiger partial charge in [-0.05, 0) is 18.9 Å². The molecule has 1 saturated carbocycles. The molecule has 100 valence electrons. The van der Waals surface area contributed by atoms with E-state index in [0.29, 0.717) is 24.8 Å². The van der Waals surface area contributed by atoms with Crippen LogP contribution >= 0.6 is 0 Å². The van der Waals surface area contributed by atoms with Gasteiger partial charge in [-0.15, -0.1) is 0 Å². The molecule has 0 saturated heterocycles. The number of hydrogen-bond acceptors (Lipinski definition) is 5. The van der Waals surface area contributed by atoms with Gasteiger partial charge in [0.2, 0.25) is 0 Å². The normalized spacial score (nSPS) is 13.9. The van der Waals surface area contributed by atoms with Crippen LogP contribution < -0.4 is 4.90 Å². The molecule has 1 fully saturated rings. The van der Waals surface area contributed by atoms with Crippen LogP contribution in [0.15, 0.2) is 18.2 Å². The summed E-state index contributed by atoms with van der Waals surface area (Å²) in [7, 11) is 1.63. The summed E-state index contributed by atoms with van der Waals surface area (Å²) in [6.45, 7) is 1.26. The molecule has 0 atom stereocenters. The highest BCUT2D eigenvalue weighted by Crippen LogP contribution is 2.34. The fourth-order valence-electron chi connectivity index (χ4n) is 2.05. The molecule has 1 aliphatic rings. The van der Waals surface area contributed by atoms with Crippen molar-refractivity contribution in [2.24, 2.45) is 0 Å². The highest BCUT2D eigenvalue weighted by Gasteiger charge is 2.30.